The molecular formula is C17H19FN4O2. The molecule has 1 aliphatic carbocycles. The number of hydrogen-bond acceptors (Lipinski definition) is 3. The number of nitrogens with one attached hydrogen (secondary N) is 2. The maximum atomic E-state index is 12.8. The van der Waals surface area contributed by atoms with Gasteiger partial charge < -0.3 is 10.6 Å². The highest BCUT2D eigenvalue weighted by Gasteiger charge is 2.25. The zero-order valence-corrected chi connectivity index (χ0v) is 13.2. The van der Waals surface area contributed by atoms with Crippen LogP contribution in [-0.4, -0.2) is 22.4 Å². The average molecular weight is 330 g/mol. The summed E-state index contributed by atoms with van der Waals surface area (Å²) < 4.78 is 14.2. The predicted octanol–water partition coefficient (Wildman–Crippen LogP) is 1.76. The van der Waals surface area contributed by atoms with Crippen molar-refractivity contribution in [3.05, 3.63) is 63.8 Å². The molecule has 0 aliphatic heterocycles. The Hall–Kier alpha value is -2.70. The molecular weight excluding hydrogens is 311 g/mol. The minimum atomic E-state index is -0.342. The summed E-state index contributed by atoms with van der Waals surface area (Å²) in [6.45, 7) is 0.932. The lowest BCUT2D eigenvalue weighted by Crippen LogP contribution is -2.38. The number of benzene rings is 1. The molecule has 0 radical (unpaired) electrons. The van der Waals surface area contributed by atoms with Crippen LogP contribution in [-0.2, 0) is 13.1 Å². The normalized spacial score (nSPS) is 13.5. The molecule has 1 saturated carbocycles. The van der Waals surface area contributed by atoms with E-state index in [1.54, 1.807) is 18.2 Å². The van der Waals surface area contributed by atoms with E-state index >= 15 is 0 Å². The quantitative estimate of drug-likeness (QED) is 0.847. The minimum absolute atomic E-state index is 0.173. The molecule has 24 heavy (non-hydrogen) atoms. The van der Waals surface area contributed by atoms with Crippen molar-refractivity contribution in [1.29, 1.82) is 0 Å². The van der Waals surface area contributed by atoms with Gasteiger partial charge in [0.1, 0.15) is 5.82 Å². The predicted molar refractivity (Wildman–Crippen MR) is 87.1 cm³/mol. The minimum Gasteiger partial charge on any atom is -0.336 e. The van der Waals surface area contributed by atoms with Gasteiger partial charge in [-0.05, 0) is 36.6 Å². The van der Waals surface area contributed by atoms with Crippen LogP contribution in [0.1, 0.15) is 30.0 Å². The zero-order valence-electron chi connectivity index (χ0n) is 13.2. The molecule has 2 amide bonds. The van der Waals surface area contributed by atoms with Crippen molar-refractivity contribution >= 4 is 6.03 Å². The number of amides is 2. The van der Waals surface area contributed by atoms with Crippen molar-refractivity contribution in [2.45, 2.75) is 31.8 Å². The Kier molecular flexibility index (Phi) is 4.88. The highest BCUT2D eigenvalue weighted by Crippen LogP contribution is 2.38. The van der Waals surface area contributed by atoms with E-state index in [9.17, 15) is 14.0 Å². The lowest BCUT2D eigenvalue weighted by atomic mass is 10.2. The zero-order chi connectivity index (χ0) is 16.9. The summed E-state index contributed by atoms with van der Waals surface area (Å²) in [5.41, 5.74) is 1.57. The van der Waals surface area contributed by atoms with E-state index in [4.69, 9.17) is 0 Å². The Morgan fingerprint density at radius 2 is 1.92 bits per heavy atom. The van der Waals surface area contributed by atoms with Gasteiger partial charge in [0.25, 0.3) is 5.56 Å². The molecule has 2 N–H and O–H groups in total. The summed E-state index contributed by atoms with van der Waals surface area (Å²) in [4.78, 5) is 23.5. The number of rotatable bonds is 6. The molecule has 1 aromatic carbocycles. The molecule has 0 atom stereocenters. The van der Waals surface area contributed by atoms with Crippen molar-refractivity contribution in [2.24, 2.45) is 0 Å². The first-order valence-electron chi connectivity index (χ1n) is 7.96. The van der Waals surface area contributed by atoms with Gasteiger partial charge in [-0.2, -0.15) is 5.10 Å². The molecule has 1 aromatic heterocycles. The van der Waals surface area contributed by atoms with Gasteiger partial charge in [-0.1, -0.05) is 12.1 Å². The van der Waals surface area contributed by atoms with Crippen molar-refractivity contribution in [1.82, 2.24) is 20.4 Å². The smallest absolute Gasteiger partial charge is 0.315 e. The van der Waals surface area contributed by atoms with Gasteiger partial charge in [0.2, 0.25) is 0 Å². The number of urea groups is 1. The maximum Gasteiger partial charge on any atom is 0.315 e. The summed E-state index contributed by atoms with van der Waals surface area (Å²) in [7, 11) is 0. The number of nitrogens with zero attached hydrogens (tertiary/aromatic N) is 2. The van der Waals surface area contributed by atoms with Crippen molar-refractivity contribution in [2.75, 3.05) is 6.54 Å². The van der Waals surface area contributed by atoms with Crippen LogP contribution >= 0.6 is 0 Å². The van der Waals surface area contributed by atoms with Crippen LogP contribution in [0.2, 0.25) is 0 Å². The second kappa shape index (κ2) is 7.25. The van der Waals surface area contributed by atoms with Gasteiger partial charge in [0.15, 0.2) is 0 Å². The van der Waals surface area contributed by atoms with Gasteiger partial charge >= 0.3 is 6.03 Å². The summed E-state index contributed by atoms with van der Waals surface area (Å²) in [5.74, 6) is 0.165. The first-order valence-corrected chi connectivity index (χ1v) is 7.96. The van der Waals surface area contributed by atoms with Gasteiger partial charge in [-0.25, -0.2) is 13.9 Å². The Morgan fingerprint density at radius 1 is 1.17 bits per heavy atom. The van der Waals surface area contributed by atoms with E-state index < -0.39 is 0 Å². The molecule has 126 valence electrons. The average Bonchev–Trinajstić information content (AvgIpc) is 3.41. The molecule has 0 spiro atoms. The fourth-order valence-corrected chi connectivity index (χ4v) is 2.34. The highest BCUT2D eigenvalue weighted by atomic mass is 19.1. The molecule has 0 saturated heterocycles. The fourth-order valence-electron chi connectivity index (χ4n) is 2.34. The molecule has 0 unspecified atom stereocenters. The van der Waals surface area contributed by atoms with Crippen LogP contribution in [0.5, 0.6) is 0 Å². The standard InChI is InChI=1S/C17H19FN4O2/c18-14-5-1-12(2-6-14)11-20-17(24)19-9-10-22-16(23)8-7-15(21-22)13-3-4-13/h1-2,5-8,13H,3-4,9-11H2,(H2,19,20,24). The third-order valence-corrected chi connectivity index (χ3v) is 3.86. The first-order chi connectivity index (χ1) is 11.6. The lowest BCUT2D eigenvalue weighted by Gasteiger charge is -2.09. The molecule has 6 nitrogen and oxygen atoms in total. The van der Waals surface area contributed by atoms with E-state index in [0.29, 0.717) is 25.6 Å². The summed E-state index contributed by atoms with van der Waals surface area (Å²) >= 11 is 0. The van der Waals surface area contributed by atoms with E-state index in [1.165, 1.54) is 22.9 Å². The summed E-state index contributed by atoms with van der Waals surface area (Å²) in [5, 5.41) is 9.69. The number of aromatic nitrogens is 2. The molecule has 1 aliphatic rings. The lowest BCUT2D eigenvalue weighted by molar-refractivity contribution is 0.240. The molecule has 3 rings (SSSR count). The SMILES string of the molecule is O=C(NCCn1nc(C2CC2)ccc1=O)NCc1ccc(F)cc1. The third kappa shape index (κ3) is 4.41. The number of halogens is 1. The number of hydrogen-bond donors (Lipinski definition) is 2. The van der Waals surface area contributed by atoms with E-state index in [0.717, 1.165) is 24.1 Å². The molecule has 1 fully saturated rings. The Bertz CT molecular complexity index is 769. The second-order valence-corrected chi connectivity index (χ2v) is 5.83. The van der Waals surface area contributed by atoms with Crippen molar-refractivity contribution in [3.8, 4) is 0 Å². The van der Waals surface area contributed by atoms with Gasteiger partial charge in [0.05, 0.1) is 12.2 Å². The fraction of sp³-hybridized carbons (Fsp3) is 0.353. The van der Waals surface area contributed by atoms with Crippen LogP contribution in [0, 0.1) is 5.82 Å². The van der Waals surface area contributed by atoms with Crippen molar-refractivity contribution in [3.63, 3.8) is 0 Å². The van der Waals surface area contributed by atoms with E-state index in [2.05, 4.69) is 15.7 Å². The van der Waals surface area contributed by atoms with Gasteiger partial charge in [-0.15, -0.1) is 0 Å². The highest BCUT2D eigenvalue weighted by molar-refractivity contribution is 5.73. The molecule has 7 heteroatoms. The maximum absolute atomic E-state index is 12.8. The van der Waals surface area contributed by atoms with E-state index in [1.807, 2.05) is 0 Å². The topological polar surface area (TPSA) is 76.0 Å². The Morgan fingerprint density at radius 3 is 2.62 bits per heavy atom. The van der Waals surface area contributed by atoms with Gasteiger partial charge in [-0.3, -0.25) is 4.79 Å². The van der Waals surface area contributed by atoms with Gasteiger partial charge in [0, 0.05) is 25.1 Å². The number of carbonyl (C=O) groups excluding carboxylic acids is 1. The molecule has 2 aromatic rings. The number of carbonyl (C=O) groups is 1. The Labute approximate surface area is 138 Å². The van der Waals surface area contributed by atoms with Crippen molar-refractivity contribution < 1.29 is 9.18 Å². The van der Waals surface area contributed by atoms with Crippen LogP contribution < -0.4 is 16.2 Å². The largest absolute Gasteiger partial charge is 0.336 e. The molecule has 0 bridgehead atoms. The monoisotopic (exact) mass is 330 g/mol. The summed E-state index contributed by atoms with van der Waals surface area (Å²) in [6.07, 6.45) is 2.24. The third-order valence-electron chi connectivity index (χ3n) is 3.86. The van der Waals surface area contributed by atoms with Crippen LogP contribution in [0.25, 0.3) is 0 Å². The van der Waals surface area contributed by atoms with E-state index in [-0.39, 0.29) is 17.4 Å². The van der Waals surface area contributed by atoms with Crippen LogP contribution in [0.15, 0.2) is 41.2 Å². The Balaban J connectivity index is 1.44. The molecule has 1 heterocycles. The second-order valence-electron chi connectivity index (χ2n) is 5.83. The van der Waals surface area contributed by atoms with Crippen LogP contribution in [0.4, 0.5) is 9.18 Å². The first kappa shape index (κ1) is 16.2. The summed E-state index contributed by atoms with van der Waals surface area (Å²) in [6, 6.07) is 8.88. The van der Waals surface area contributed by atoms with Crippen LogP contribution in [0.3, 0.4) is 0 Å².